The van der Waals surface area contributed by atoms with Crippen molar-refractivity contribution in [1.82, 2.24) is 23.4 Å². The van der Waals surface area contributed by atoms with Gasteiger partial charge in [-0.25, -0.2) is 18.4 Å². The summed E-state index contributed by atoms with van der Waals surface area (Å²) in [5.74, 6) is 0. The van der Waals surface area contributed by atoms with Crippen molar-refractivity contribution in [1.29, 1.82) is 5.26 Å². The number of aromatic nitrogens is 4. The van der Waals surface area contributed by atoms with Crippen molar-refractivity contribution in [3.63, 3.8) is 0 Å². The van der Waals surface area contributed by atoms with Crippen molar-refractivity contribution in [3.05, 3.63) is 72.2 Å². The van der Waals surface area contributed by atoms with Gasteiger partial charge in [0.2, 0.25) is 0 Å². The average Bonchev–Trinajstić information content (AvgIpc) is 3.39. The number of nitrogens with zero attached hydrogens (tertiary/aromatic N) is 7. The summed E-state index contributed by atoms with van der Waals surface area (Å²) in [7, 11) is -0.181. The molecule has 1 unspecified atom stereocenters. The quantitative estimate of drug-likeness (QED) is 0.496. The number of imidazole rings is 2. The first-order valence-corrected chi connectivity index (χ1v) is 12.0. The van der Waals surface area contributed by atoms with Gasteiger partial charge in [0.15, 0.2) is 5.03 Å². The first-order valence-electron chi connectivity index (χ1n) is 10.6. The van der Waals surface area contributed by atoms with Crippen LogP contribution in [0.3, 0.4) is 0 Å². The number of hydrogen-bond acceptors (Lipinski definition) is 6. The topological polar surface area (TPSA) is 100 Å². The number of fused-ring (bicyclic) bond motifs is 1. The summed E-state index contributed by atoms with van der Waals surface area (Å²) < 4.78 is 32.3. The fraction of sp³-hybridized carbons (Fsp3) is 0.348. The van der Waals surface area contributed by atoms with E-state index >= 15 is 0 Å². The fourth-order valence-electron chi connectivity index (χ4n) is 4.19. The molecular weight excluding hydrogens is 438 g/mol. The number of sulfonamides is 1. The molecule has 0 N–H and O–H groups in total. The molecule has 1 atom stereocenters. The van der Waals surface area contributed by atoms with Gasteiger partial charge >= 0.3 is 0 Å². The Morgan fingerprint density at radius 3 is 2.73 bits per heavy atom. The molecule has 0 fully saturated rings. The summed E-state index contributed by atoms with van der Waals surface area (Å²) in [5, 5.41) is 9.43. The smallest absolute Gasteiger partial charge is 0.262 e. The molecule has 1 aliphatic heterocycles. The van der Waals surface area contributed by atoms with Gasteiger partial charge in [0, 0.05) is 51.3 Å². The monoisotopic (exact) mass is 465 g/mol. The van der Waals surface area contributed by atoms with Crippen LogP contribution in [0.4, 0.5) is 5.69 Å². The molecule has 10 heteroatoms. The van der Waals surface area contributed by atoms with E-state index in [1.807, 2.05) is 36.9 Å². The second kappa shape index (κ2) is 8.84. The van der Waals surface area contributed by atoms with Gasteiger partial charge in [-0.05, 0) is 37.1 Å². The number of rotatable bonds is 7. The Balaban J connectivity index is 1.76. The molecule has 0 aliphatic carbocycles. The van der Waals surface area contributed by atoms with Crippen LogP contribution in [0.1, 0.15) is 23.7 Å². The van der Waals surface area contributed by atoms with Crippen LogP contribution >= 0.6 is 0 Å². The largest absolute Gasteiger partial charge is 0.364 e. The third kappa shape index (κ3) is 4.55. The van der Waals surface area contributed by atoms with Crippen LogP contribution in [-0.4, -0.2) is 51.0 Å². The Morgan fingerprint density at radius 1 is 1.33 bits per heavy atom. The molecule has 0 radical (unpaired) electrons. The van der Waals surface area contributed by atoms with Gasteiger partial charge in [-0.2, -0.15) is 9.57 Å². The average molecular weight is 466 g/mol. The number of nitriles is 1. The lowest BCUT2D eigenvalue weighted by Crippen LogP contribution is -2.51. The zero-order valence-electron chi connectivity index (χ0n) is 19.0. The molecular formula is C23H27N7O2S. The first-order chi connectivity index (χ1) is 15.7. The number of hydrogen-bond donors (Lipinski definition) is 0. The molecule has 4 rings (SSSR count). The predicted molar refractivity (Wildman–Crippen MR) is 125 cm³/mol. The van der Waals surface area contributed by atoms with E-state index in [1.165, 1.54) is 16.8 Å². The highest BCUT2D eigenvalue weighted by atomic mass is 32.2. The summed E-state index contributed by atoms with van der Waals surface area (Å²) in [6.07, 6.45) is 7.04. The second-order valence-corrected chi connectivity index (χ2v) is 10.4. The fourth-order valence-corrected chi connectivity index (χ4v) is 5.84. The maximum atomic E-state index is 13.6. The van der Waals surface area contributed by atoms with E-state index in [1.54, 1.807) is 24.0 Å². The van der Waals surface area contributed by atoms with E-state index in [2.05, 4.69) is 27.5 Å². The van der Waals surface area contributed by atoms with Crippen LogP contribution in [0.25, 0.3) is 0 Å². The van der Waals surface area contributed by atoms with Crippen molar-refractivity contribution in [2.75, 3.05) is 18.0 Å². The zero-order chi connectivity index (χ0) is 23.8. The molecule has 0 saturated carbocycles. The van der Waals surface area contributed by atoms with Crippen molar-refractivity contribution in [2.24, 2.45) is 14.1 Å². The van der Waals surface area contributed by atoms with Crippen molar-refractivity contribution in [2.45, 2.75) is 31.0 Å². The van der Waals surface area contributed by atoms with Gasteiger partial charge in [-0.1, -0.05) is 12.2 Å². The maximum Gasteiger partial charge on any atom is 0.262 e. The molecule has 0 spiro atoms. The first kappa shape index (κ1) is 22.8. The molecule has 3 aromatic rings. The lowest BCUT2D eigenvalue weighted by atomic mass is 9.95. The second-order valence-electron chi connectivity index (χ2n) is 8.57. The standard InChI is InChI=1S/C23H27N7O2S/c1-17(2)11-30(33(31,32)23-14-27(3)16-26-23)20-8-19-7-18(9-24)5-6-22(19)29(12-20)13-21-10-25-15-28(21)4/h5-7,10,14-16,20H,1,8,11-13H2,2-4H3. The molecule has 172 valence electrons. The minimum Gasteiger partial charge on any atom is -0.364 e. The number of anilines is 1. The predicted octanol–water partition coefficient (Wildman–Crippen LogP) is 2.22. The van der Waals surface area contributed by atoms with Crippen LogP contribution in [0.15, 0.2) is 60.4 Å². The highest BCUT2D eigenvalue weighted by Gasteiger charge is 2.37. The Kier molecular flexibility index (Phi) is 6.10. The summed E-state index contributed by atoms with van der Waals surface area (Å²) in [6, 6.07) is 7.42. The third-order valence-corrected chi connectivity index (χ3v) is 7.58. The SMILES string of the molecule is C=C(C)CN(C1Cc2cc(C#N)ccc2N(Cc2cncn2C)C1)S(=O)(=O)c1cn(C)cn1. The normalized spacial score (nSPS) is 16.0. The van der Waals surface area contributed by atoms with E-state index in [0.29, 0.717) is 25.1 Å². The molecule has 0 saturated heterocycles. The Labute approximate surface area is 194 Å². The molecule has 2 aromatic heterocycles. The number of benzene rings is 1. The van der Waals surface area contributed by atoms with Gasteiger partial charge in [0.05, 0.1) is 36.5 Å². The highest BCUT2D eigenvalue weighted by Crippen LogP contribution is 2.33. The van der Waals surface area contributed by atoms with Crippen LogP contribution < -0.4 is 4.90 Å². The Morgan fingerprint density at radius 2 is 2.12 bits per heavy atom. The van der Waals surface area contributed by atoms with Crippen molar-refractivity contribution >= 4 is 15.7 Å². The van der Waals surface area contributed by atoms with Gasteiger partial charge in [0.25, 0.3) is 10.0 Å². The minimum atomic E-state index is -3.86. The molecule has 1 aromatic carbocycles. The zero-order valence-corrected chi connectivity index (χ0v) is 19.8. The van der Waals surface area contributed by atoms with Gasteiger partial charge in [0.1, 0.15) is 0 Å². The number of aryl methyl sites for hydroxylation is 2. The van der Waals surface area contributed by atoms with Crippen molar-refractivity contribution in [3.8, 4) is 6.07 Å². The van der Waals surface area contributed by atoms with E-state index in [9.17, 15) is 13.7 Å². The molecule has 3 heterocycles. The molecule has 1 aliphatic rings. The molecule has 33 heavy (non-hydrogen) atoms. The van der Waals surface area contributed by atoms with Crippen LogP contribution in [0, 0.1) is 11.3 Å². The van der Waals surface area contributed by atoms with Crippen LogP contribution in [0.5, 0.6) is 0 Å². The lowest BCUT2D eigenvalue weighted by Gasteiger charge is -2.40. The summed E-state index contributed by atoms with van der Waals surface area (Å²) >= 11 is 0. The Hall–Kier alpha value is -3.42. The summed E-state index contributed by atoms with van der Waals surface area (Å²) in [5.41, 5.74) is 4.23. The summed E-state index contributed by atoms with van der Waals surface area (Å²) in [6.45, 7) is 7.03. The molecule has 0 amide bonds. The minimum absolute atomic E-state index is 0.0148. The third-order valence-electron chi connectivity index (χ3n) is 5.79. The van der Waals surface area contributed by atoms with Crippen LogP contribution in [-0.2, 0) is 37.1 Å². The van der Waals surface area contributed by atoms with Gasteiger partial charge in [-0.15, -0.1) is 0 Å². The summed E-state index contributed by atoms with van der Waals surface area (Å²) in [4.78, 5) is 10.5. The van der Waals surface area contributed by atoms with E-state index in [4.69, 9.17) is 0 Å². The maximum absolute atomic E-state index is 13.6. The van der Waals surface area contributed by atoms with Gasteiger partial charge in [-0.3, -0.25) is 0 Å². The van der Waals surface area contributed by atoms with Crippen molar-refractivity contribution < 1.29 is 8.42 Å². The molecule has 9 nitrogen and oxygen atoms in total. The van der Waals surface area contributed by atoms with E-state index < -0.39 is 10.0 Å². The lowest BCUT2D eigenvalue weighted by molar-refractivity contribution is 0.325. The molecule has 0 bridgehead atoms. The Bertz CT molecular complexity index is 1330. The van der Waals surface area contributed by atoms with E-state index in [-0.39, 0.29) is 17.6 Å². The van der Waals surface area contributed by atoms with Crippen LogP contribution in [0.2, 0.25) is 0 Å². The van der Waals surface area contributed by atoms with Gasteiger partial charge < -0.3 is 14.0 Å². The highest BCUT2D eigenvalue weighted by molar-refractivity contribution is 7.89. The van der Waals surface area contributed by atoms with E-state index in [0.717, 1.165) is 22.5 Å².